The minimum atomic E-state index is -4.14. The first-order chi connectivity index (χ1) is 18.4. The van der Waals surface area contributed by atoms with Crippen LogP contribution in [0, 0.1) is 13.8 Å². The lowest BCUT2D eigenvalue weighted by molar-refractivity contribution is -0.139. The number of halogens is 1. The molecule has 0 fully saturated rings. The SMILES string of the molecule is CC[C@H](C)NC(=O)[C@H](C)N(Cc1ccccc1C)C(=O)CN(c1cccc(C)c1)S(=O)(=O)c1ccc(Cl)cc1. The van der Waals surface area contributed by atoms with Crippen molar-refractivity contribution in [1.82, 2.24) is 10.2 Å². The summed E-state index contributed by atoms with van der Waals surface area (Å²) in [7, 11) is -4.14. The van der Waals surface area contributed by atoms with E-state index < -0.39 is 28.5 Å². The number of hydrogen-bond acceptors (Lipinski definition) is 4. The van der Waals surface area contributed by atoms with Crippen LogP contribution in [0.3, 0.4) is 0 Å². The van der Waals surface area contributed by atoms with Crippen molar-refractivity contribution in [3.8, 4) is 0 Å². The third-order valence-corrected chi connectivity index (χ3v) is 8.78. The van der Waals surface area contributed by atoms with Crippen molar-refractivity contribution in [3.05, 3.63) is 94.5 Å². The highest BCUT2D eigenvalue weighted by atomic mass is 35.5. The first kappa shape index (κ1) is 30.2. The van der Waals surface area contributed by atoms with E-state index in [1.165, 1.54) is 29.2 Å². The smallest absolute Gasteiger partial charge is 0.264 e. The predicted molar refractivity (Wildman–Crippen MR) is 156 cm³/mol. The van der Waals surface area contributed by atoms with Crippen LogP contribution in [0.1, 0.15) is 43.9 Å². The normalized spacial score (nSPS) is 12.9. The van der Waals surface area contributed by atoms with E-state index in [1.54, 1.807) is 25.1 Å². The fourth-order valence-corrected chi connectivity index (χ4v) is 5.60. The van der Waals surface area contributed by atoms with E-state index in [-0.39, 0.29) is 23.4 Å². The van der Waals surface area contributed by atoms with E-state index >= 15 is 0 Å². The van der Waals surface area contributed by atoms with E-state index in [9.17, 15) is 18.0 Å². The average molecular weight is 570 g/mol. The molecule has 0 aliphatic heterocycles. The zero-order valence-electron chi connectivity index (χ0n) is 23.0. The number of nitrogens with zero attached hydrogens (tertiary/aromatic N) is 2. The minimum Gasteiger partial charge on any atom is -0.352 e. The molecule has 0 saturated heterocycles. The molecule has 208 valence electrons. The fraction of sp³-hybridized carbons (Fsp3) is 0.333. The highest BCUT2D eigenvalue weighted by Gasteiger charge is 2.33. The second kappa shape index (κ2) is 13.1. The van der Waals surface area contributed by atoms with Gasteiger partial charge in [0.2, 0.25) is 11.8 Å². The predicted octanol–water partition coefficient (Wildman–Crippen LogP) is 5.48. The maximum absolute atomic E-state index is 14.0. The Labute approximate surface area is 236 Å². The van der Waals surface area contributed by atoms with Crippen LogP contribution in [-0.4, -0.2) is 43.8 Å². The molecule has 3 rings (SSSR count). The summed E-state index contributed by atoms with van der Waals surface area (Å²) in [6.07, 6.45) is 0.741. The van der Waals surface area contributed by atoms with Crippen LogP contribution in [0.5, 0.6) is 0 Å². The van der Waals surface area contributed by atoms with Crippen molar-refractivity contribution in [1.29, 1.82) is 0 Å². The van der Waals surface area contributed by atoms with Crippen LogP contribution < -0.4 is 9.62 Å². The molecule has 3 aromatic carbocycles. The van der Waals surface area contributed by atoms with Crippen LogP contribution >= 0.6 is 11.6 Å². The summed E-state index contributed by atoms with van der Waals surface area (Å²) in [5.74, 6) is -0.793. The molecule has 2 amide bonds. The molecule has 1 N–H and O–H groups in total. The fourth-order valence-electron chi connectivity index (χ4n) is 4.06. The van der Waals surface area contributed by atoms with Gasteiger partial charge in [0.05, 0.1) is 10.6 Å². The van der Waals surface area contributed by atoms with E-state index in [2.05, 4.69) is 5.32 Å². The summed E-state index contributed by atoms with van der Waals surface area (Å²) in [6.45, 7) is 8.99. The maximum atomic E-state index is 14.0. The van der Waals surface area contributed by atoms with Crippen molar-refractivity contribution in [2.45, 2.75) is 64.6 Å². The average Bonchev–Trinajstić information content (AvgIpc) is 2.90. The molecule has 9 heteroatoms. The summed E-state index contributed by atoms with van der Waals surface area (Å²) < 4.78 is 28.8. The number of nitrogens with one attached hydrogen (secondary N) is 1. The van der Waals surface area contributed by atoms with E-state index in [4.69, 9.17) is 11.6 Å². The Hall–Kier alpha value is -3.36. The van der Waals surface area contributed by atoms with Gasteiger partial charge < -0.3 is 10.2 Å². The van der Waals surface area contributed by atoms with Gasteiger partial charge in [-0.1, -0.05) is 54.9 Å². The van der Waals surface area contributed by atoms with Gasteiger partial charge in [0, 0.05) is 17.6 Å². The number of amides is 2. The number of carbonyl (C=O) groups excluding carboxylic acids is 2. The molecule has 7 nitrogen and oxygen atoms in total. The van der Waals surface area contributed by atoms with Crippen LogP contribution in [0.25, 0.3) is 0 Å². The van der Waals surface area contributed by atoms with Crippen molar-refractivity contribution in [2.75, 3.05) is 10.8 Å². The number of aryl methyl sites for hydroxylation is 2. The van der Waals surface area contributed by atoms with Gasteiger partial charge in [0.15, 0.2) is 0 Å². The lowest BCUT2D eigenvalue weighted by Crippen LogP contribution is -2.52. The summed E-state index contributed by atoms with van der Waals surface area (Å²) in [5.41, 5.74) is 3.03. The quantitative estimate of drug-likeness (QED) is 0.331. The summed E-state index contributed by atoms with van der Waals surface area (Å²) >= 11 is 6.00. The van der Waals surface area contributed by atoms with Crippen molar-refractivity contribution < 1.29 is 18.0 Å². The first-order valence-electron chi connectivity index (χ1n) is 12.9. The molecule has 3 aromatic rings. The molecular weight excluding hydrogens is 534 g/mol. The van der Waals surface area contributed by atoms with Gasteiger partial charge in [-0.3, -0.25) is 13.9 Å². The molecule has 0 bridgehead atoms. The number of benzene rings is 3. The minimum absolute atomic E-state index is 0.00854. The van der Waals surface area contributed by atoms with Crippen LogP contribution in [0.15, 0.2) is 77.7 Å². The van der Waals surface area contributed by atoms with Gasteiger partial charge >= 0.3 is 0 Å². The second-order valence-corrected chi connectivity index (χ2v) is 12.0. The molecular formula is C30H36ClN3O4S. The summed E-state index contributed by atoms with van der Waals surface area (Å²) in [5, 5.41) is 3.34. The molecule has 0 aliphatic rings. The lowest BCUT2D eigenvalue weighted by Gasteiger charge is -2.33. The molecule has 39 heavy (non-hydrogen) atoms. The highest BCUT2D eigenvalue weighted by Crippen LogP contribution is 2.26. The Morgan fingerprint density at radius 3 is 2.23 bits per heavy atom. The van der Waals surface area contributed by atoms with E-state index in [1.807, 2.05) is 58.0 Å². The Morgan fingerprint density at radius 1 is 0.949 bits per heavy atom. The molecule has 0 unspecified atom stereocenters. The van der Waals surface area contributed by atoms with Gasteiger partial charge in [0.1, 0.15) is 12.6 Å². The highest BCUT2D eigenvalue weighted by molar-refractivity contribution is 7.92. The van der Waals surface area contributed by atoms with Gasteiger partial charge in [-0.05, 0) is 87.2 Å². The van der Waals surface area contributed by atoms with Gasteiger partial charge in [0.25, 0.3) is 10.0 Å². The molecule has 2 atom stereocenters. The molecule has 0 aliphatic carbocycles. The number of hydrogen-bond donors (Lipinski definition) is 1. The van der Waals surface area contributed by atoms with Gasteiger partial charge in [-0.2, -0.15) is 0 Å². The van der Waals surface area contributed by atoms with Gasteiger partial charge in [-0.25, -0.2) is 8.42 Å². The zero-order chi connectivity index (χ0) is 28.7. The zero-order valence-corrected chi connectivity index (χ0v) is 24.6. The Morgan fingerprint density at radius 2 is 1.62 bits per heavy atom. The number of carbonyl (C=O) groups is 2. The standard InChI is InChI=1S/C30H36ClN3O4S/c1-6-23(4)32-30(36)24(5)33(19-25-12-8-7-11-22(25)3)29(35)20-34(27-13-9-10-21(2)18-27)39(37,38)28-16-14-26(31)15-17-28/h7-18,23-24H,6,19-20H2,1-5H3,(H,32,36)/t23-,24-/m0/s1. The molecule has 0 aromatic heterocycles. The van der Waals surface area contributed by atoms with Crippen LogP contribution in [0.2, 0.25) is 5.02 Å². The van der Waals surface area contributed by atoms with Crippen LogP contribution in [0.4, 0.5) is 5.69 Å². The van der Waals surface area contributed by atoms with Gasteiger partial charge in [-0.15, -0.1) is 0 Å². The topological polar surface area (TPSA) is 86.8 Å². The van der Waals surface area contributed by atoms with Crippen molar-refractivity contribution in [3.63, 3.8) is 0 Å². The van der Waals surface area contributed by atoms with Crippen LogP contribution in [-0.2, 0) is 26.2 Å². The third kappa shape index (κ3) is 7.61. The Balaban J connectivity index is 2.04. The van der Waals surface area contributed by atoms with Crippen molar-refractivity contribution in [2.24, 2.45) is 0 Å². The van der Waals surface area contributed by atoms with E-state index in [0.29, 0.717) is 10.7 Å². The largest absolute Gasteiger partial charge is 0.352 e. The Bertz CT molecular complexity index is 1410. The van der Waals surface area contributed by atoms with E-state index in [0.717, 1.165) is 27.4 Å². The number of sulfonamides is 1. The Kier molecular flexibility index (Phi) is 10.2. The lowest BCUT2D eigenvalue weighted by atomic mass is 10.1. The molecule has 0 saturated carbocycles. The van der Waals surface area contributed by atoms with Crippen molar-refractivity contribution >= 4 is 39.1 Å². The molecule has 0 heterocycles. The first-order valence-corrected chi connectivity index (χ1v) is 14.7. The number of rotatable bonds is 11. The summed E-state index contributed by atoms with van der Waals surface area (Å²) in [4.78, 5) is 28.6. The molecule has 0 spiro atoms. The number of anilines is 1. The monoisotopic (exact) mass is 569 g/mol. The maximum Gasteiger partial charge on any atom is 0.264 e. The summed E-state index contributed by atoms with van der Waals surface area (Å²) in [6, 6.07) is 19.5. The molecule has 0 radical (unpaired) electrons. The second-order valence-electron chi connectivity index (χ2n) is 9.75. The third-order valence-electron chi connectivity index (χ3n) is 6.74.